The number of benzene rings is 1. The molecule has 0 bridgehead atoms. The number of halogens is 1. The smallest absolute Gasteiger partial charge is 0.0707 e. The van der Waals surface area contributed by atoms with Crippen LogP contribution in [0.25, 0.3) is 17.0 Å². The standard InChI is InChI=1S/C13H12BrN/c1-10(9-14)8-11-6-7-15-13-5-3-2-4-12(11)13/h2-8H,9H2,1H3. The van der Waals surface area contributed by atoms with Gasteiger partial charge in [0, 0.05) is 16.9 Å². The van der Waals surface area contributed by atoms with Crippen LogP contribution >= 0.6 is 15.9 Å². The molecule has 2 heteroatoms. The minimum atomic E-state index is 0.906. The van der Waals surface area contributed by atoms with Crippen molar-refractivity contribution in [1.29, 1.82) is 0 Å². The van der Waals surface area contributed by atoms with Gasteiger partial charge in [-0.05, 0) is 24.6 Å². The van der Waals surface area contributed by atoms with Gasteiger partial charge < -0.3 is 0 Å². The van der Waals surface area contributed by atoms with Gasteiger partial charge in [-0.25, -0.2) is 0 Å². The number of para-hydroxylation sites is 1. The molecule has 0 aliphatic heterocycles. The van der Waals surface area contributed by atoms with Gasteiger partial charge >= 0.3 is 0 Å². The first kappa shape index (κ1) is 10.4. The summed E-state index contributed by atoms with van der Waals surface area (Å²) in [6.07, 6.45) is 4.05. The zero-order valence-corrected chi connectivity index (χ0v) is 10.2. The largest absolute Gasteiger partial charge is 0.256 e. The molecule has 0 amide bonds. The highest BCUT2D eigenvalue weighted by Gasteiger charge is 1.98. The number of fused-ring (bicyclic) bond motifs is 1. The van der Waals surface area contributed by atoms with Gasteiger partial charge in [0.25, 0.3) is 0 Å². The maximum atomic E-state index is 4.33. The Balaban J connectivity index is 2.61. The summed E-state index contributed by atoms with van der Waals surface area (Å²) in [7, 11) is 0. The first-order valence-corrected chi connectivity index (χ1v) is 6.00. The summed E-state index contributed by atoms with van der Waals surface area (Å²) >= 11 is 3.45. The molecule has 1 heterocycles. The summed E-state index contributed by atoms with van der Waals surface area (Å²) in [6, 6.07) is 10.3. The van der Waals surface area contributed by atoms with Crippen molar-refractivity contribution in [3.63, 3.8) is 0 Å². The van der Waals surface area contributed by atoms with Crippen LogP contribution in [0.1, 0.15) is 12.5 Å². The zero-order valence-electron chi connectivity index (χ0n) is 8.57. The number of alkyl halides is 1. The predicted molar refractivity (Wildman–Crippen MR) is 69.2 cm³/mol. The minimum Gasteiger partial charge on any atom is -0.256 e. The van der Waals surface area contributed by atoms with Gasteiger partial charge in [0.05, 0.1) is 5.52 Å². The second kappa shape index (κ2) is 4.58. The van der Waals surface area contributed by atoms with Gasteiger partial charge in [-0.1, -0.05) is 45.8 Å². The number of aromatic nitrogens is 1. The van der Waals surface area contributed by atoms with Gasteiger partial charge in [0.1, 0.15) is 0 Å². The van der Waals surface area contributed by atoms with Crippen molar-refractivity contribution >= 4 is 32.9 Å². The van der Waals surface area contributed by atoms with Crippen molar-refractivity contribution in [2.45, 2.75) is 6.92 Å². The summed E-state index contributed by atoms with van der Waals surface area (Å²) in [5.74, 6) is 0. The molecule has 1 aromatic carbocycles. The highest BCUT2D eigenvalue weighted by molar-refractivity contribution is 9.09. The van der Waals surface area contributed by atoms with E-state index in [1.165, 1.54) is 16.5 Å². The second-order valence-corrected chi connectivity index (χ2v) is 4.10. The number of pyridine rings is 1. The molecular weight excluding hydrogens is 250 g/mol. The van der Waals surface area contributed by atoms with Crippen molar-refractivity contribution in [2.24, 2.45) is 0 Å². The fourth-order valence-corrected chi connectivity index (χ4v) is 1.71. The third kappa shape index (κ3) is 2.26. The van der Waals surface area contributed by atoms with E-state index in [1.807, 2.05) is 24.4 Å². The van der Waals surface area contributed by atoms with Crippen molar-refractivity contribution in [3.8, 4) is 0 Å². The first-order chi connectivity index (χ1) is 7.31. The van der Waals surface area contributed by atoms with Gasteiger partial charge in [0.2, 0.25) is 0 Å². The maximum absolute atomic E-state index is 4.33. The monoisotopic (exact) mass is 261 g/mol. The molecule has 0 unspecified atom stereocenters. The number of allylic oxidation sites excluding steroid dienone is 1. The Kier molecular flexibility index (Phi) is 3.17. The van der Waals surface area contributed by atoms with Crippen LogP contribution in [0, 0.1) is 0 Å². The van der Waals surface area contributed by atoms with Crippen LogP contribution in [0.15, 0.2) is 42.1 Å². The minimum absolute atomic E-state index is 0.906. The molecule has 0 N–H and O–H groups in total. The SMILES string of the molecule is CC(=Cc1ccnc2ccccc12)CBr. The number of hydrogen-bond donors (Lipinski definition) is 0. The van der Waals surface area contributed by atoms with Gasteiger partial charge in [-0.15, -0.1) is 0 Å². The lowest BCUT2D eigenvalue weighted by Crippen LogP contribution is -1.83. The van der Waals surface area contributed by atoms with E-state index in [0.717, 1.165) is 10.8 Å². The Morgan fingerprint density at radius 1 is 1.33 bits per heavy atom. The molecule has 76 valence electrons. The van der Waals surface area contributed by atoms with Crippen LogP contribution in [0.2, 0.25) is 0 Å². The Morgan fingerprint density at radius 3 is 2.93 bits per heavy atom. The van der Waals surface area contributed by atoms with Gasteiger partial charge in [0.15, 0.2) is 0 Å². The molecule has 1 aromatic heterocycles. The highest BCUT2D eigenvalue weighted by Crippen LogP contribution is 2.19. The molecule has 2 rings (SSSR count). The molecule has 0 saturated heterocycles. The summed E-state index contributed by atoms with van der Waals surface area (Å²) < 4.78 is 0. The lowest BCUT2D eigenvalue weighted by Gasteiger charge is -2.02. The summed E-state index contributed by atoms with van der Waals surface area (Å²) in [5.41, 5.74) is 3.59. The van der Waals surface area contributed by atoms with E-state index in [-0.39, 0.29) is 0 Å². The molecule has 0 fully saturated rings. The number of hydrogen-bond acceptors (Lipinski definition) is 1. The van der Waals surface area contributed by atoms with Crippen LogP contribution in [-0.2, 0) is 0 Å². The number of nitrogens with zero attached hydrogens (tertiary/aromatic N) is 1. The van der Waals surface area contributed by atoms with Gasteiger partial charge in [-0.2, -0.15) is 0 Å². The Hall–Kier alpha value is -1.15. The lowest BCUT2D eigenvalue weighted by molar-refractivity contribution is 1.39. The van der Waals surface area contributed by atoms with E-state index >= 15 is 0 Å². The summed E-state index contributed by atoms with van der Waals surface area (Å²) in [4.78, 5) is 4.33. The fourth-order valence-electron chi connectivity index (χ4n) is 1.55. The average Bonchev–Trinajstić information content (AvgIpc) is 2.29. The van der Waals surface area contributed by atoms with Crippen LogP contribution in [0.3, 0.4) is 0 Å². The van der Waals surface area contributed by atoms with E-state index in [2.05, 4.69) is 46.0 Å². The molecule has 0 aliphatic rings. The molecule has 0 saturated carbocycles. The quantitative estimate of drug-likeness (QED) is 0.744. The molecule has 2 aromatic rings. The summed E-state index contributed by atoms with van der Waals surface area (Å²) in [6.45, 7) is 2.12. The fraction of sp³-hybridized carbons (Fsp3) is 0.154. The van der Waals surface area contributed by atoms with Crippen LogP contribution in [-0.4, -0.2) is 10.3 Å². The van der Waals surface area contributed by atoms with E-state index in [1.54, 1.807) is 0 Å². The highest BCUT2D eigenvalue weighted by atomic mass is 79.9. The van der Waals surface area contributed by atoms with E-state index in [4.69, 9.17) is 0 Å². The van der Waals surface area contributed by atoms with Crippen molar-refractivity contribution in [2.75, 3.05) is 5.33 Å². The van der Waals surface area contributed by atoms with E-state index in [0.29, 0.717) is 0 Å². The Morgan fingerprint density at radius 2 is 2.13 bits per heavy atom. The molecule has 1 nitrogen and oxygen atoms in total. The third-order valence-corrected chi connectivity index (χ3v) is 3.18. The predicted octanol–water partition coefficient (Wildman–Crippen LogP) is 4.03. The second-order valence-electron chi connectivity index (χ2n) is 3.54. The molecule has 15 heavy (non-hydrogen) atoms. The van der Waals surface area contributed by atoms with E-state index in [9.17, 15) is 0 Å². The molecule has 0 radical (unpaired) electrons. The van der Waals surface area contributed by atoms with Crippen molar-refractivity contribution in [1.82, 2.24) is 4.98 Å². The molecule has 0 aliphatic carbocycles. The van der Waals surface area contributed by atoms with Crippen molar-refractivity contribution in [3.05, 3.63) is 47.7 Å². The van der Waals surface area contributed by atoms with Crippen molar-refractivity contribution < 1.29 is 0 Å². The zero-order chi connectivity index (χ0) is 10.7. The van der Waals surface area contributed by atoms with Crippen LogP contribution < -0.4 is 0 Å². The van der Waals surface area contributed by atoms with Crippen LogP contribution in [0.4, 0.5) is 0 Å². The average molecular weight is 262 g/mol. The normalized spacial score (nSPS) is 12.0. The first-order valence-electron chi connectivity index (χ1n) is 4.88. The van der Waals surface area contributed by atoms with E-state index < -0.39 is 0 Å². The molecule has 0 atom stereocenters. The Labute approximate surface area is 98.0 Å². The molecule has 0 spiro atoms. The number of rotatable bonds is 2. The van der Waals surface area contributed by atoms with Crippen LogP contribution in [0.5, 0.6) is 0 Å². The van der Waals surface area contributed by atoms with Gasteiger partial charge in [-0.3, -0.25) is 4.98 Å². The summed E-state index contributed by atoms with van der Waals surface area (Å²) in [5, 5.41) is 2.12. The maximum Gasteiger partial charge on any atom is 0.0707 e. The Bertz CT molecular complexity index is 497. The third-order valence-electron chi connectivity index (χ3n) is 2.30. The topological polar surface area (TPSA) is 12.9 Å². The molecular formula is C13H12BrN. The lowest BCUT2D eigenvalue weighted by atomic mass is 10.1.